The molecule has 0 N–H and O–H groups in total. The predicted octanol–water partition coefficient (Wildman–Crippen LogP) is 5.14. The van der Waals surface area contributed by atoms with Gasteiger partial charge in [-0.25, -0.2) is 4.99 Å². The SMILES string of the molecule is CCN(C)C=Nc1cc(C)c(C(=O)COc2c(C)cccc2Cl)cc1C. The summed E-state index contributed by atoms with van der Waals surface area (Å²) in [6, 6.07) is 9.32. The predicted molar refractivity (Wildman–Crippen MR) is 108 cm³/mol. The van der Waals surface area contributed by atoms with E-state index in [0.29, 0.717) is 16.3 Å². The molecule has 0 aliphatic heterocycles. The van der Waals surface area contributed by atoms with Crippen LogP contribution in [0.3, 0.4) is 0 Å². The lowest BCUT2D eigenvalue weighted by molar-refractivity contribution is 0.0920. The molecule has 2 rings (SSSR count). The maximum Gasteiger partial charge on any atom is 0.200 e. The summed E-state index contributed by atoms with van der Waals surface area (Å²) in [7, 11) is 1.97. The van der Waals surface area contributed by atoms with E-state index in [1.165, 1.54) is 0 Å². The number of Topliss-reactive ketones (excluding diaryl/α,β-unsaturated/α-hetero) is 1. The number of aryl methyl sites for hydroxylation is 3. The second-order valence-electron chi connectivity index (χ2n) is 6.37. The number of rotatable bonds is 7. The molecule has 2 aromatic carbocycles. The van der Waals surface area contributed by atoms with Crippen LogP contribution in [-0.4, -0.2) is 37.2 Å². The summed E-state index contributed by atoms with van der Waals surface area (Å²) in [6.45, 7) is 8.67. The van der Waals surface area contributed by atoms with Crippen molar-refractivity contribution in [2.75, 3.05) is 20.2 Å². The van der Waals surface area contributed by atoms with Crippen LogP contribution in [0.4, 0.5) is 5.69 Å². The Morgan fingerprint density at radius 1 is 1.19 bits per heavy atom. The average Bonchev–Trinajstić information content (AvgIpc) is 2.61. The van der Waals surface area contributed by atoms with E-state index in [0.717, 1.165) is 28.9 Å². The van der Waals surface area contributed by atoms with Gasteiger partial charge in [-0.3, -0.25) is 4.79 Å². The number of nitrogens with zero attached hydrogens (tertiary/aromatic N) is 2. The zero-order valence-corrected chi connectivity index (χ0v) is 16.7. The fourth-order valence-electron chi connectivity index (χ4n) is 2.50. The molecule has 0 aliphatic carbocycles. The van der Waals surface area contributed by atoms with Crippen molar-refractivity contribution in [3.63, 3.8) is 0 Å². The molecule has 0 atom stereocenters. The topological polar surface area (TPSA) is 41.9 Å². The van der Waals surface area contributed by atoms with E-state index in [4.69, 9.17) is 16.3 Å². The van der Waals surface area contributed by atoms with Crippen LogP contribution in [0.5, 0.6) is 5.75 Å². The van der Waals surface area contributed by atoms with Crippen molar-refractivity contribution < 1.29 is 9.53 Å². The molecule has 0 unspecified atom stereocenters. The number of halogens is 1. The second kappa shape index (κ2) is 8.86. The van der Waals surface area contributed by atoms with Crippen LogP contribution in [-0.2, 0) is 0 Å². The van der Waals surface area contributed by atoms with E-state index in [-0.39, 0.29) is 12.4 Å². The lowest BCUT2D eigenvalue weighted by Gasteiger charge is -2.13. The Labute approximate surface area is 160 Å². The summed E-state index contributed by atoms with van der Waals surface area (Å²) in [4.78, 5) is 19.1. The number of hydrogen-bond donors (Lipinski definition) is 0. The molecule has 26 heavy (non-hydrogen) atoms. The Morgan fingerprint density at radius 3 is 2.58 bits per heavy atom. The van der Waals surface area contributed by atoms with Crippen molar-refractivity contribution in [2.24, 2.45) is 4.99 Å². The van der Waals surface area contributed by atoms with E-state index >= 15 is 0 Å². The maximum atomic E-state index is 12.6. The van der Waals surface area contributed by atoms with E-state index in [1.54, 1.807) is 12.4 Å². The first-order valence-electron chi connectivity index (χ1n) is 8.60. The fraction of sp³-hybridized carbons (Fsp3) is 0.333. The highest BCUT2D eigenvalue weighted by Gasteiger charge is 2.14. The van der Waals surface area contributed by atoms with Gasteiger partial charge in [-0.05, 0) is 62.6 Å². The van der Waals surface area contributed by atoms with Crippen molar-refractivity contribution in [3.05, 3.63) is 57.6 Å². The van der Waals surface area contributed by atoms with Crippen LogP contribution in [0.15, 0.2) is 35.3 Å². The molecule has 0 amide bonds. The average molecular weight is 373 g/mol. The summed E-state index contributed by atoms with van der Waals surface area (Å²) in [5.74, 6) is 0.479. The summed E-state index contributed by atoms with van der Waals surface area (Å²) in [5, 5.41) is 0.510. The Balaban J connectivity index is 2.17. The largest absolute Gasteiger partial charge is 0.484 e. The zero-order valence-electron chi connectivity index (χ0n) is 16.0. The van der Waals surface area contributed by atoms with E-state index in [9.17, 15) is 4.79 Å². The first-order chi connectivity index (χ1) is 12.3. The van der Waals surface area contributed by atoms with Crippen molar-refractivity contribution >= 4 is 29.4 Å². The molecule has 138 valence electrons. The van der Waals surface area contributed by atoms with Gasteiger partial charge < -0.3 is 9.64 Å². The highest BCUT2D eigenvalue weighted by Crippen LogP contribution is 2.28. The molecular weight excluding hydrogens is 348 g/mol. The van der Waals surface area contributed by atoms with Crippen molar-refractivity contribution in [2.45, 2.75) is 27.7 Å². The van der Waals surface area contributed by atoms with Gasteiger partial charge in [-0.2, -0.15) is 0 Å². The van der Waals surface area contributed by atoms with Gasteiger partial charge in [0.15, 0.2) is 12.4 Å². The van der Waals surface area contributed by atoms with Gasteiger partial charge in [0, 0.05) is 19.2 Å². The molecule has 0 radical (unpaired) electrons. The number of aliphatic imine (C=N–C) groups is 1. The third-order valence-electron chi connectivity index (χ3n) is 4.25. The summed E-state index contributed by atoms with van der Waals surface area (Å²) >= 11 is 6.15. The Bertz CT molecular complexity index is 811. The monoisotopic (exact) mass is 372 g/mol. The van der Waals surface area contributed by atoms with E-state index < -0.39 is 0 Å². The lowest BCUT2D eigenvalue weighted by atomic mass is 10.0. The quantitative estimate of drug-likeness (QED) is 0.384. The Kier molecular flexibility index (Phi) is 6.81. The van der Waals surface area contributed by atoms with Crippen LogP contribution in [0, 0.1) is 20.8 Å². The van der Waals surface area contributed by atoms with Crippen molar-refractivity contribution in [3.8, 4) is 5.75 Å². The minimum Gasteiger partial charge on any atom is -0.484 e. The number of benzene rings is 2. The number of carbonyl (C=O) groups is 1. The molecule has 2 aromatic rings. The smallest absolute Gasteiger partial charge is 0.200 e. The molecule has 0 aliphatic rings. The third kappa shape index (κ3) is 4.85. The standard InChI is InChI=1S/C21H25ClN2O2/c1-6-24(5)13-23-19-11-15(3)17(10-16(19)4)20(25)12-26-21-14(2)8-7-9-18(21)22/h7-11,13H,6,12H2,1-5H3. The minimum absolute atomic E-state index is 0.0496. The van der Waals surface area contributed by atoms with Crippen LogP contribution < -0.4 is 4.74 Å². The van der Waals surface area contributed by atoms with Crippen molar-refractivity contribution in [1.29, 1.82) is 0 Å². The molecule has 0 bridgehead atoms. The molecule has 5 heteroatoms. The molecule has 0 saturated heterocycles. The van der Waals surface area contributed by atoms with Gasteiger partial charge in [0.1, 0.15) is 5.75 Å². The number of para-hydroxylation sites is 1. The summed E-state index contributed by atoms with van der Waals surface area (Å²) < 4.78 is 5.68. The number of hydrogen-bond acceptors (Lipinski definition) is 3. The molecule has 0 fully saturated rings. The first-order valence-corrected chi connectivity index (χ1v) is 8.98. The highest BCUT2D eigenvalue weighted by molar-refractivity contribution is 6.32. The molecule has 0 spiro atoms. The van der Waals surface area contributed by atoms with Gasteiger partial charge in [0.05, 0.1) is 17.0 Å². The minimum atomic E-state index is -0.0777. The molecule has 0 heterocycles. The van der Waals surface area contributed by atoms with Gasteiger partial charge in [-0.15, -0.1) is 0 Å². The molecule has 0 saturated carbocycles. The summed E-state index contributed by atoms with van der Waals surface area (Å²) in [6.07, 6.45) is 1.80. The molecule has 4 nitrogen and oxygen atoms in total. The van der Waals surface area contributed by atoms with Gasteiger partial charge >= 0.3 is 0 Å². The lowest BCUT2D eigenvalue weighted by Crippen LogP contribution is -2.15. The fourth-order valence-corrected chi connectivity index (χ4v) is 2.77. The number of carbonyl (C=O) groups excluding carboxylic acids is 1. The second-order valence-corrected chi connectivity index (χ2v) is 6.78. The van der Waals surface area contributed by atoms with Crippen LogP contribution in [0.1, 0.15) is 34.0 Å². The van der Waals surface area contributed by atoms with Crippen LogP contribution in [0.25, 0.3) is 0 Å². The zero-order chi connectivity index (χ0) is 19.3. The van der Waals surface area contributed by atoms with Crippen LogP contribution >= 0.6 is 11.6 Å². The Hall–Kier alpha value is -2.33. The van der Waals surface area contributed by atoms with E-state index in [1.807, 2.05) is 57.0 Å². The molecular formula is C21H25ClN2O2. The van der Waals surface area contributed by atoms with Crippen LogP contribution in [0.2, 0.25) is 5.02 Å². The van der Waals surface area contributed by atoms with Gasteiger partial charge in [0.2, 0.25) is 0 Å². The van der Waals surface area contributed by atoms with Gasteiger partial charge in [0.25, 0.3) is 0 Å². The molecule has 0 aromatic heterocycles. The highest BCUT2D eigenvalue weighted by atomic mass is 35.5. The van der Waals surface area contributed by atoms with Gasteiger partial charge in [-0.1, -0.05) is 23.7 Å². The summed E-state index contributed by atoms with van der Waals surface area (Å²) in [5.41, 5.74) is 4.25. The number of ketones is 1. The van der Waals surface area contributed by atoms with E-state index in [2.05, 4.69) is 11.9 Å². The first kappa shape index (κ1) is 20.0. The number of ether oxygens (including phenoxy) is 1. The normalized spacial score (nSPS) is 11.0. The van der Waals surface area contributed by atoms with Crippen molar-refractivity contribution in [1.82, 2.24) is 4.90 Å². The third-order valence-corrected chi connectivity index (χ3v) is 4.55. The Morgan fingerprint density at radius 2 is 1.92 bits per heavy atom. The maximum absolute atomic E-state index is 12.6.